The summed E-state index contributed by atoms with van der Waals surface area (Å²) in [4.78, 5) is 0. The van der Waals surface area contributed by atoms with E-state index in [1.54, 1.807) is 32.4 Å². The van der Waals surface area contributed by atoms with Crippen molar-refractivity contribution in [3.05, 3.63) is 47.8 Å². The maximum absolute atomic E-state index is 14.1. The average molecular weight is 289 g/mol. The Balaban J connectivity index is 2.50. The first-order chi connectivity index (χ1) is 10.1. The SMILES string of the molecule is CNC(C)c1ccc(F)c(-c2ccc(OC)c(OC)c2)c1. The highest BCUT2D eigenvalue weighted by Gasteiger charge is 2.12. The van der Waals surface area contributed by atoms with E-state index in [0.29, 0.717) is 17.1 Å². The van der Waals surface area contributed by atoms with Gasteiger partial charge in [-0.05, 0) is 49.4 Å². The maximum atomic E-state index is 14.1. The predicted octanol–water partition coefficient (Wildman–Crippen LogP) is 3.79. The zero-order chi connectivity index (χ0) is 15.4. The van der Waals surface area contributed by atoms with Crippen molar-refractivity contribution in [1.29, 1.82) is 0 Å². The summed E-state index contributed by atoms with van der Waals surface area (Å²) in [5.74, 6) is 0.956. The second kappa shape index (κ2) is 6.59. The first-order valence-corrected chi connectivity index (χ1v) is 6.79. The van der Waals surface area contributed by atoms with Crippen LogP contribution in [0.5, 0.6) is 11.5 Å². The molecule has 1 atom stereocenters. The molecule has 0 aromatic heterocycles. The average Bonchev–Trinajstić information content (AvgIpc) is 2.53. The highest BCUT2D eigenvalue weighted by molar-refractivity contribution is 5.68. The number of hydrogen-bond acceptors (Lipinski definition) is 3. The summed E-state index contributed by atoms with van der Waals surface area (Å²) in [6.45, 7) is 2.03. The van der Waals surface area contributed by atoms with Gasteiger partial charge in [-0.15, -0.1) is 0 Å². The van der Waals surface area contributed by atoms with Gasteiger partial charge < -0.3 is 14.8 Å². The summed E-state index contributed by atoms with van der Waals surface area (Å²) in [5, 5.41) is 3.15. The van der Waals surface area contributed by atoms with Gasteiger partial charge in [0.1, 0.15) is 5.82 Å². The van der Waals surface area contributed by atoms with E-state index in [2.05, 4.69) is 5.32 Å². The van der Waals surface area contributed by atoms with Gasteiger partial charge in [-0.3, -0.25) is 0 Å². The Labute approximate surface area is 124 Å². The van der Waals surface area contributed by atoms with E-state index in [-0.39, 0.29) is 11.9 Å². The van der Waals surface area contributed by atoms with Crippen molar-refractivity contribution >= 4 is 0 Å². The van der Waals surface area contributed by atoms with Crippen molar-refractivity contribution in [3.8, 4) is 22.6 Å². The normalized spacial score (nSPS) is 12.0. The number of hydrogen-bond donors (Lipinski definition) is 1. The van der Waals surface area contributed by atoms with E-state index in [9.17, 15) is 4.39 Å². The highest BCUT2D eigenvalue weighted by Crippen LogP contribution is 2.34. The summed E-state index contributed by atoms with van der Waals surface area (Å²) in [6, 6.07) is 10.7. The van der Waals surface area contributed by atoms with Crippen LogP contribution in [0, 0.1) is 5.82 Å². The van der Waals surface area contributed by atoms with Gasteiger partial charge in [0.15, 0.2) is 11.5 Å². The second-order valence-electron chi connectivity index (χ2n) is 4.82. The van der Waals surface area contributed by atoms with Crippen molar-refractivity contribution in [2.45, 2.75) is 13.0 Å². The molecule has 0 bridgehead atoms. The van der Waals surface area contributed by atoms with Gasteiger partial charge in [0.25, 0.3) is 0 Å². The van der Waals surface area contributed by atoms with Crippen molar-refractivity contribution in [2.75, 3.05) is 21.3 Å². The third-order valence-electron chi connectivity index (χ3n) is 3.62. The van der Waals surface area contributed by atoms with Crippen LogP contribution < -0.4 is 14.8 Å². The van der Waals surface area contributed by atoms with Crippen LogP contribution >= 0.6 is 0 Å². The Kier molecular flexibility index (Phi) is 4.81. The first-order valence-electron chi connectivity index (χ1n) is 6.79. The Hall–Kier alpha value is -2.07. The summed E-state index contributed by atoms with van der Waals surface area (Å²) in [7, 11) is 5.02. The van der Waals surface area contributed by atoms with Gasteiger partial charge in [0, 0.05) is 11.6 Å². The number of nitrogens with one attached hydrogen (secondary N) is 1. The molecule has 0 aliphatic carbocycles. The minimum Gasteiger partial charge on any atom is -0.493 e. The molecule has 2 aromatic carbocycles. The lowest BCUT2D eigenvalue weighted by Gasteiger charge is -2.14. The van der Waals surface area contributed by atoms with Crippen molar-refractivity contribution in [3.63, 3.8) is 0 Å². The molecule has 0 radical (unpaired) electrons. The van der Waals surface area contributed by atoms with Crippen molar-refractivity contribution in [2.24, 2.45) is 0 Å². The van der Waals surface area contributed by atoms with Gasteiger partial charge in [-0.25, -0.2) is 4.39 Å². The van der Waals surface area contributed by atoms with Gasteiger partial charge in [0.05, 0.1) is 14.2 Å². The first kappa shape index (κ1) is 15.3. The molecule has 0 saturated carbocycles. The molecule has 2 aromatic rings. The molecule has 0 fully saturated rings. The minimum atomic E-state index is -0.255. The molecule has 21 heavy (non-hydrogen) atoms. The lowest BCUT2D eigenvalue weighted by atomic mass is 9.99. The Morgan fingerprint density at radius 1 is 1.00 bits per heavy atom. The zero-order valence-electron chi connectivity index (χ0n) is 12.7. The molecular formula is C17H20FNO2. The largest absolute Gasteiger partial charge is 0.493 e. The van der Waals surface area contributed by atoms with E-state index < -0.39 is 0 Å². The molecule has 0 saturated heterocycles. The molecule has 0 aliphatic heterocycles. The Bertz CT molecular complexity index is 628. The van der Waals surface area contributed by atoms with Crippen molar-refractivity contribution in [1.82, 2.24) is 5.32 Å². The minimum absolute atomic E-state index is 0.157. The lowest BCUT2D eigenvalue weighted by Crippen LogP contribution is -2.12. The molecule has 112 valence electrons. The standard InChI is InChI=1S/C17H20FNO2/c1-11(19-2)12-5-7-15(18)14(9-12)13-6-8-16(20-3)17(10-13)21-4/h5-11,19H,1-4H3. The number of rotatable bonds is 5. The molecular weight excluding hydrogens is 269 g/mol. The molecule has 4 heteroatoms. The number of methoxy groups -OCH3 is 2. The summed E-state index contributed by atoms with van der Waals surface area (Å²) < 4.78 is 24.6. The van der Waals surface area contributed by atoms with Gasteiger partial charge in [0.2, 0.25) is 0 Å². The number of ether oxygens (including phenoxy) is 2. The molecule has 0 heterocycles. The van der Waals surface area contributed by atoms with Gasteiger partial charge in [-0.2, -0.15) is 0 Å². The van der Waals surface area contributed by atoms with Crippen LogP contribution in [0.15, 0.2) is 36.4 Å². The monoisotopic (exact) mass is 289 g/mol. The predicted molar refractivity (Wildman–Crippen MR) is 82.4 cm³/mol. The molecule has 1 N–H and O–H groups in total. The van der Waals surface area contributed by atoms with Crippen LogP contribution in [0.2, 0.25) is 0 Å². The van der Waals surface area contributed by atoms with Gasteiger partial charge >= 0.3 is 0 Å². The summed E-state index contributed by atoms with van der Waals surface area (Å²) >= 11 is 0. The fourth-order valence-corrected chi connectivity index (χ4v) is 2.20. The quantitative estimate of drug-likeness (QED) is 0.908. The lowest BCUT2D eigenvalue weighted by molar-refractivity contribution is 0.355. The third kappa shape index (κ3) is 3.16. The molecule has 2 rings (SSSR count). The van der Waals surface area contributed by atoms with Crippen LogP contribution in [-0.4, -0.2) is 21.3 Å². The maximum Gasteiger partial charge on any atom is 0.161 e. The zero-order valence-corrected chi connectivity index (χ0v) is 12.7. The molecule has 0 aliphatic rings. The second-order valence-corrected chi connectivity index (χ2v) is 4.82. The smallest absolute Gasteiger partial charge is 0.161 e. The van der Waals surface area contributed by atoms with Crippen LogP contribution in [-0.2, 0) is 0 Å². The van der Waals surface area contributed by atoms with E-state index in [1.807, 2.05) is 26.1 Å². The van der Waals surface area contributed by atoms with Crippen LogP contribution in [0.25, 0.3) is 11.1 Å². The van der Waals surface area contributed by atoms with E-state index >= 15 is 0 Å². The van der Waals surface area contributed by atoms with E-state index in [1.165, 1.54) is 6.07 Å². The molecule has 0 spiro atoms. The molecule has 0 amide bonds. The number of benzene rings is 2. The Morgan fingerprint density at radius 3 is 2.33 bits per heavy atom. The third-order valence-corrected chi connectivity index (χ3v) is 3.62. The van der Waals surface area contributed by atoms with Crippen molar-refractivity contribution < 1.29 is 13.9 Å². The molecule has 1 unspecified atom stereocenters. The fourth-order valence-electron chi connectivity index (χ4n) is 2.20. The highest BCUT2D eigenvalue weighted by atomic mass is 19.1. The van der Waals surface area contributed by atoms with Crippen LogP contribution in [0.4, 0.5) is 4.39 Å². The van der Waals surface area contributed by atoms with Gasteiger partial charge in [-0.1, -0.05) is 12.1 Å². The topological polar surface area (TPSA) is 30.5 Å². The fraction of sp³-hybridized carbons (Fsp3) is 0.294. The van der Waals surface area contributed by atoms with E-state index in [0.717, 1.165) is 11.1 Å². The summed E-state index contributed by atoms with van der Waals surface area (Å²) in [6.07, 6.45) is 0. The van der Waals surface area contributed by atoms with Crippen LogP contribution in [0.1, 0.15) is 18.5 Å². The molecule has 3 nitrogen and oxygen atoms in total. The number of halogens is 1. The van der Waals surface area contributed by atoms with E-state index in [4.69, 9.17) is 9.47 Å². The van der Waals surface area contributed by atoms with Crippen LogP contribution in [0.3, 0.4) is 0 Å². The summed E-state index contributed by atoms with van der Waals surface area (Å²) in [5.41, 5.74) is 2.34. The Morgan fingerprint density at radius 2 is 1.71 bits per heavy atom.